The van der Waals surface area contributed by atoms with Crippen LogP contribution in [0.2, 0.25) is 0 Å². The van der Waals surface area contributed by atoms with Crippen LogP contribution in [0.5, 0.6) is 0 Å². The molecular formula is C41H32F12N2O4. The molecule has 0 N–H and O–H groups in total. The summed E-state index contributed by atoms with van der Waals surface area (Å²) in [5.41, 5.74) is -18.7. The first kappa shape index (κ1) is 44.4. The number of alkyl halides is 12. The van der Waals surface area contributed by atoms with Gasteiger partial charge in [0.05, 0.1) is 22.4 Å². The standard InChI is InChI=1S/C41H32F12N2O4/c1-21(2)23-6-9-25(10-7-23)36(38(42,43)44,39(45,46)47)26-12-15-29(16-13-26)55-34(58)30-17-14-28(19-32(30)35(55)59)37(40(48,49)50,41(51,52)53)27-11-8-24(20-56)31(18-27)33(57)54(5)22(3)4/h6-22H,1-5H3. The number of anilines is 1. The van der Waals surface area contributed by atoms with Crippen LogP contribution in [0, 0.1) is 0 Å². The lowest BCUT2D eigenvalue weighted by atomic mass is 9.71. The van der Waals surface area contributed by atoms with E-state index < -0.39 is 109 Å². The summed E-state index contributed by atoms with van der Waals surface area (Å²) in [5, 5.41) is 0. The molecule has 18 heteroatoms. The Bertz CT molecular complexity index is 2260. The fourth-order valence-electron chi connectivity index (χ4n) is 7.15. The van der Waals surface area contributed by atoms with Gasteiger partial charge in [0.25, 0.3) is 17.7 Å². The molecule has 4 aromatic rings. The Kier molecular flexibility index (Phi) is 11.2. The van der Waals surface area contributed by atoms with Gasteiger partial charge < -0.3 is 4.90 Å². The second kappa shape index (κ2) is 14.9. The smallest absolute Gasteiger partial charge is 0.339 e. The lowest BCUT2D eigenvalue weighted by Gasteiger charge is -2.38. The molecule has 0 aromatic heterocycles. The Hall–Kier alpha value is -5.68. The highest BCUT2D eigenvalue weighted by Gasteiger charge is 2.74. The molecule has 3 amide bonds. The van der Waals surface area contributed by atoms with E-state index in [1.165, 1.54) is 20.9 Å². The molecule has 0 spiro atoms. The molecule has 0 bridgehead atoms. The van der Waals surface area contributed by atoms with Gasteiger partial charge in [-0.05, 0) is 77.9 Å². The Balaban J connectivity index is 1.66. The van der Waals surface area contributed by atoms with Crippen LogP contribution in [-0.4, -0.2) is 66.7 Å². The van der Waals surface area contributed by atoms with E-state index in [0.717, 1.165) is 17.0 Å². The molecular weight excluding hydrogens is 812 g/mol. The number of benzene rings is 4. The van der Waals surface area contributed by atoms with Gasteiger partial charge in [-0.15, -0.1) is 0 Å². The summed E-state index contributed by atoms with van der Waals surface area (Å²) < 4.78 is 180. The Labute approximate surface area is 328 Å². The lowest BCUT2D eigenvalue weighted by molar-refractivity contribution is -0.290. The van der Waals surface area contributed by atoms with E-state index in [-0.39, 0.29) is 35.3 Å². The number of halogens is 12. The average Bonchev–Trinajstić information content (AvgIpc) is 3.37. The molecule has 6 nitrogen and oxygen atoms in total. The van der Waals surface area contributed by atoms with Crippen LogP contribution >= 0.6 is 0 Å². The highest BCUT2D eigenvalue weighted by Crippen LogP contribution is 2.58. The van der Waals surface area contributed by atoms with Gasteiger partial charge in [-0.25, -0.2) is 4.90 Å². The molecule has 0 saturated heterocycles. The zero-order valence-electron chi connectivity index (χ0n) is 31.4. The molecule has 0 unspecified atom stereocenters. The fraction of sp³-hybridized carbons (Fsp3) is 0.317. The van der Waals surface area contributed by atoms with Crippen LogP contribution in [-0.2, 0) is 10.8 Å². The Morgan fingerprint density at radius 2 is 0.983 bits per heavy atom. The number of imide groups is 1. The van der Waals surface area contributed by atoms with E-state index in [4.69, 9.17) is 0 Å². The van der Waals surface area contributed by atoms with Crippen LogP contribution in [0.4, 0.5) is 58.4 Å². The number of nitrogens with zero attached hydrogens (tertiary/aromatic N) is 2. The number of carbonyl (C=O) groups excluding carboxylic acids is 4. The average molecular weight is 845 g/mol. The Morgan fingerprint density at radius 3 is 1.42 bits per heavy atom. The summed E-state index contributed by atoms with van der Waals surface area (Å²) >= 11 is 0. The van der Waals surface area contributed by atoms with Crippen LogP contribution in [0.3, 0.4) is 0 Å². The Morgan fingerprint density at radius 1 is 0.576 bits per heavy atom. The summed E-state index contributed by atoms with van der Waals surface area (Å²) in [6.45, 7) is 6.31. The molecule has 1 aliphatic rings. The van der Waals surface area contributed by atoms with Gasteiger partial charge in [0, 0.05) is 18.7 Å². The molecule has 314 valence electrons. The molecule has 5 rings (SSSR count). The SMILES string of the molecule is CC(C)c1ccc(C(c2ccc(N3C(=O)c4ccc(C(c5ccc(C=O)c(C(=O)N(C)C(C)C)c5)(C(F)(F)F)C(F)(F)F)cc4C3=O)cc2)(C(F)(F)F)C(F)(F)F)cc1. The molecule has 0 saturated carbocycles. The van der Waals surface area contributed by atoms with Gasteiger partial charge in [0.2, 0.25) is 10.8 Å². The third kappa shape index (κ3) is 6.92. The highest BCUT2D eigenvalue weighted by molar-refractivity contribution is 6.34. The molecule has 1 heterocycles. The van der Waals surface area contributed by atoms with E-state index >= 15 is 26.3 Å². The van der Waals surface area contributed by atoms with E-state index in [2.05, 4.69) is 0 Å². The molecule has 0 radical (unpaired) electrons. The van der Waals surface area contributed by atoms with Crippen LogP contribution < -0.4 is 4.90 Å². The van der Waals surface area contributed by atoms with Gasteiger partial charge >= 0.3 is 24.7 Å². The third-order valence-corrected chi connectivity index (χ3v) is 10.5. The van der Waals surface area contributed by atoms with Crippen molar-refractivity contribution in [1.29, 1.82) is 0 Å². The maximum atomic E-state index is 15.2. The van der Waals surface area contributed by atoms with Crippen molar-refractivity contribution in [2.75, 3.05) is 11.9 Å². The zero-order chi connectivity index (χ0) is 44.4. The second-order valence-electron chi connectivity index (χ2n) is 14.5. The van der Waals surface area contributed by atoms with Crippen LogP contribution in [0.15, 0.2) is 84.9 Å². The molecule has 0 atom stereocenters. The van der Waals surface area contributed by atoms with Crippen molar-refractivity contribution >= 4 is 29.7 Å². The predicted octanol–water partition coefficient (Wildman–Crippen LogP) is 10.7. The topological polar surface area (TPSA) is 74.8 Å². The fourth-order valence-corrected chi connectivity index (χ4v) is 7.15. The summed E-state index contributed by atoms with van der Waals surface area (Å²) in [7, 11) is 1.20. The van der Waals surface area contributed by atoms with Crippen molar-refractivity contribution < 1.29 is 71.9 Å². The number of fused-ring (bicyclic) bond motifs is 1. The van der Waals surface area contributed by atoms with Crippen molar-refractivity contribution in [3.8, 4) is 0 Å². The van der Waals surface area contributed by atoms with Crippen molar-refractivity contribution in [1.82, 2.24) is 4.90 Å². The van der Waals surface area contributed by atoms with Gasteiger partial charge in [-0.3, -0.25) is 19.2 Å². The zero-order valence-corrected chi connectivity index (χ0v) is 31.4. The maximum Gasteiger partial charge on any atom is 0.411 e. The summed E-state index contributed by atoms with van der Waals surface area (Å²) in [6.07, 6.45) is -24.5. The summed E-state index contributed by atoms with van der Waals surface area (Å²) in [5.74, 6) is -4.26. The summed E-state index contributed by atoms with van der Waals surface area (Å²) in [4.78, 5) is 53.2. The minimum absolute atomic E-state index is 0.0606. The van der Waals surface area contributed by atoms with E-state index in [9.17, 15) is 45.5 Å². The molecule has 1 aliphatic heterocycles. The van der Waals surface area contributed by atoms with Gasteiger partial charge in [-0.2, -0.15) is 52.7 Å². The number of amides is 3. The normalized spacial score (nSPS) is 14.3. The summed E-state index contributed by atoms with van der Waals surface area (Å²) in [6, 6.07) is 6.89. The van der Waals surface area contributed by atoms with E-state index in [1.807, 2.05) is 0 Å². The van der Waals surface area contributed by atoms with Gasteiger partial charge in [-0.1, -0.05) is 68.4 Å². The number of carbonyl (C=O) groups is 4. The van der Waals surface area contributed by atoms with E-state index in [1.54, 1.807) is 13.8 Å². The van der Waals surface area contributed by atoms with Crippen LogP contribution in [0.1, 0.15) is 103 Å². The third-order valence-electron chi connectivity index (χ3n) is 10.5. The van der Waals surface area contributed by atoms with Crippen molar-refractivity contribution in [3.05, 3.63) is 135 Å². The van der Waals surface area contributed by atoms with Crippen molar-refractivity contribution in [2.45, 2.75) is 75.2 Å². The number of rotatable bonds is 9. The number of hydrogen-bond donors (Lipinski definition) is 0. The largest absolute Gasteiger partial charge is 0.411 e. The minimum Gasteiger partial charge on any atom is -0.339 e. The molecule has 59 heavy (non-hydrogen) atoms. The van der Waals surface area contributed by atoms with Gasteiger partial charge in [0.1, 0.15) is 0 Å². The molecule has 0 fully saturated rings. The first-order valence-corrected chi connectivity index (χ1v) is 17.5. The first-order chi connectivity index (χ1) is 27.1. The quantitative estimate of drug-likeness (QED) is 0.0956. The highest BCUT2D eigenvalue weighted by atomic mass is 19.4. The van der Waals surface area contributed by atoms with Gasteiger partial charge in [0.15, 0.2) is 6.29 Å². The monoisotopic (exact) mass is 844 g/mol. The maximum absolute atomic E-state index is 15.2. The lowest BCUT2D eigenvalue weighted by Crippen LogP contribution is -2.55. The predicted molar refractivity (Wildman–Crippen MR) is 189 cm³/mol. The second-order valence-corrected chi connectivity index (χ2v) is 14.5. The number of aldehydes is 1. The minimum atomic E-state index is -6.27. The van der Waals surface area contributed by atoms with Crippen LogP contribution in [0.25, 0.3) is 0 Å². The number of hydrogen-bond acceptors (Lipinski definition) is 4. The first-order valence-electron chi connectivity index (χ1n) is 17.5. The molecule has 4 aromatic carbocycles. The van der Waals surface area contributed by atoms with E-state index in [0.29, 0.717) is 60.2 Å². The van der Waals surface area contributed by atoms with Crippen molar-refractivity contribution in [3.63, 3.8) is 0 Å². The van der Waals surface area contributed by atoms with Crippen molar-refractivity contribution in [2.24, 2.45) is 0 Å². The molecule has 0 aliphatic carbocycles.